The molecule has 2 rings (SSSR count). The maximum atomic E-state index is 12.0. The Morgan fingerprint density at radius 1 is 1.15 bits per heavy atom. The van der Waals surface area contributed by atoms with E-state index < -0.39 is 0 Å². The molecule has 2 N–H and O–H groups in total. The molecule has 2 atom stereocenters. The Balaban J connectivity index is 1.59. The second-order valence-electron chi connectivity index (χ2n) is 6.75. The lowest BCUT2D eigenvalue weighted by molar-refractivity contribution is -0.123. The summed E-state index contributed by atoms with van der Waals surface area (Å²) < 4.78 is 5.78. The van der Waals surface area contributed by atoms with Crippen molar-refractivity contribution in [1.29, 1.82) is 0 Å². The Hall–Kier alpha value is -0.610. The molecule has 0 aromatic heterocycles. The average molecular weight is 282 g/mol. The molecule has 20 heavy (non-hydrogen) atoms. The van der Waals surface area contributed by atoms with Gasteiger partial charge < -0.3 is 15.4 Å². The zero-order chi connectivity index (χ0) is 14.4. The van der Waals surface area contributed by atoms with E-state index in [0.29, 0.717) is 25.2 Å². The smallest absolute Gasteiger partial charge is 0.222 e. The van der Waals surface area contributed by atoms with Crippen LogP contribution in [-0.4, -0.2) is 37.7 Å². The van der Waals surface area contributed by atoms with Gasteiger partial charge in [0.15, 0.2) is 0 Å². The maximum Gasteiger partial charge on any atom is 0.222 e. The zero-order valence-corrected chi connectivity index (χ0v) is 13.0. The zero-order valence-electron chi connectivity index (χ0n) is 13.0. The highest BCUT2D eigenvalue weighted by atomic mass is 16.5. The lowest BCUT2D eigenvalue weighted by atomic mass is 9.80. The van der Waals surface area contributed by atoms with Crippen LogP contribution in [0.2, 0.25) is 0 Å². The number of carbonyl (C=O) groups excluding carboxylic acids is 1. The second kappa shape index (κ2) is 7.99. The van der Waals surface area contributed by atoms with Crippen LogP contribution in [0.5, 0.6) is 0 Å². The van der Waals surface area contributed by atoms with Crippen LogP contribution in [0.15, 0.2) is 0 Å². The number of hydrogen-bond acceptors (Lipinski definition) is 3. The van der Waals surface area contributed by atoms with Gasteiger partial charge in [-0.2, -0.15) is 0 Å². The molecule has 1 aliphatic heterocycles. The molecule has 0 spiro atoms. The second-order valence-corrected chi connectivity index (χ2v) is 6.75. The first-order chi connectivity index (χ1) is 9.63. The monoisotopic (exact) mass is 282 g/mol. The highest BCUT2D eigenvalue weighted by Crippen LogP contribution is 2.28. The van der Waals surface area contributed by atoms with E-state index in [-0.39, 0.29) is 5.91 Å². The van der Waals surface area contributed by atoms with Crippen LogP contribution in [0.1, 0.15) is 52.4 Å². The third-order valence-electron chi connectivity index (χ3n) is 4.51. The molecule has 0 radical (unpaired) electrons. The summed E-state index contributed by atoms with van der Waals surface area (Å²) in [5.74, 6) is 1.62. The van der Waals surface area contributed by atoms with Crippen LogP contribution in [-0.2, 0) is 9.53 Å². The van der Waals surface area contributed by atoms with Crippen LogP contribution < -0.4 is 10.6 Å². The maximum absolute atomic E-state index is 12.0. The summed E-state index contributed by atoms with van der Waals surface area (Å²) in [6.45, 7) is 7.21. The number of ether oxygens (including phenoxy) is 1. The molecule has 2 unspecified atom stereocenters. The van der Waals surface area contributed by atoms with Crippen molar-refractivity contribution in [3.05, 3.63) is 0 Å². The third-order valence-corrected chi connectivity index (χ3v) is 4.51. The molecule has 0 aromatic carbocycles. The molecule has 1 heterocycles. The minimum atomic E-state index is 0.158. The van der Waals surface area contributed by atoms with Gasteiger partial charge in [-0.15, -0.1) is 0 Å². The molecule has 1 amide bonds. The summed E-state index contributed by atoms with van der Waals surface area (Å²) in [6.07, 6.45) is 6.54. The first kappa shape index (κ1) is 15.8. The van der Waals surface area contributed by atoms with Gasteiger partial charge in [0.25, 0.3) is 0 Å². The summed E-state index contributed by atoms with van der Waals surface area (Å²) in [4.78, 5) is 12.0. The van der Waals surface area contributed by atoms with Gasteiger partial charge >= 0.3 is 0 Å². The van der Waals surface area contributed by atoms with E-state index in [2.05, 4.69) is 24.5 Å². The lowest BCUT2D eigenvalue weighted by Gasteiger charge is -2.32. The van der Waals surface area contributed by atoms with Gasteiger partial charge in [0.05, 0.1) is 12.7 Å². The van der Waals surface area contributed by atoms with E-state index in [9.17, 15) is 4.79 Å². The van der Waals surface area contributed by atoms with Crippen molar-refractivity contribution in [3.63, 3.8) is 0 Å². The first-order valence-electron chi connectivity index (χ1n) is 8.25. The van der Waals surface area contributed by atoms with Crippen molar-refractivity contribution in [2.75, 3.05) is 19.7 Å². The van der Waals surface area contributed by atoms with Crippen molar-refractivity contribution in [1.82, 2.24) is 10.6 Å². The van der Waals surface area contributed by atoms with Gasteiger partial charge in [-0.25, -0.2) is 0 Å². The summed E-state index contributed by atoms with van der Waals surface area (Å²) >= 11 is 0. The van der Waals surface area contributed by atoms with Gasteiger partial charge in [0.1, 0.15) is 0 Å². The Labute approximate surface area is 123 Å². The molecule has 4 heteroatoms. The fraction of sp³-hybridized carbons (Fsp3) is 0.938. The molecular formula is C16H30N2O2. The molecule has 1 saturated carbocycles. The highest BCUT2D eigenvalue weighted by Gasteiger charge is 2.25. The minimum Gasteiger partial charge on any atom is -0.378 e. The average Bonchev–Trinajstić information content (AvgIpc) is 2.38. The quantitative estimate of drug-likeness (QED) is 0.812. The molecule has 2 fully saturated rings. The van der Waals surface area contributed by atoms with E-state index in [1.165, 1.54) is 6.42 Å². The molecule has 116 valence electrons. The van der Waals surface area contributed by atoms with Gasteiger partial charge in [0, 0.05) is 12.5 Å². The predicted octanol–water partition coefficient (Wildman–Crippen LogP) is 2.09. The molecule has 1 saturated heterocycles. The molecule has 1 aliphatic carbocycles. The number of carbonyl (C=O) groups is 1. The van der Waals surface area contributed by atoms with Crippen LogP contribution in [0.25, 0.3) is 0 Å². The van der Waals surface area contributed by atoms with Crippen molar-refractivity contribution >= 4 is 5.91 Å². The standard InChI is InChI=1S/C16H30N2O2/c1-12-9-13(2)11-14(10-12)18-16(19)5-8-20-15-3-6-17-7-4-15/h12-15,17H,3-11H2,1-2H3,(H,18,19). The Morgan fingerprint density at radius 3 is 2.45 bits per heavy atom. The molecule has 2 aliphatic rings. The molecule has 4 nitrogen and oxygen atoms in total. The van der Waals surface area contributed by atoms with E-state index in [1.54, 1.807) is 0 Å². The highest BCUT2D eigenvalue weighted by molar-refractivity contribution is 5.76. The van der Waals surface area contributed by atoms with E-state index in [1.807, 2.05) is 0 Å². The third kappa shape index (κ3) is 5.41. The van der Waals surface area contributed by atoms with Gasteiger partial charge in [-0.05, 0) is 57.0 Å². The Bertz CT molecular complexity index is 293. The first-order valence-corrected chi connectivity index (χ1v) is 8.25. The SMILES string of the molecule is CC1CC(C)CC(NC(=O)CCOC2CCNCC2)C1. The summed E-state index contributed by atoms with van der Waals surface area (Å²) in [6, 6.07) is 0.375. The summed E-state index contributed by atoms with van der Waals surface area (Å²) in [5.41, 5.74) is 0. The predicted molar refractivity (Wildman–Crippen MR) is 80.6 cm³/mol. The van der Waals surface area contributed by atoms with Crippen molar-refractivity contribution in [2.45, 2.75) is 64.5 Å². The van der Waals surface area contributed by atoms with Crippen LogP contribution >= 0.6 is 0 Å². The minimum absolute atomic E-state index is 0.158. The van der Waals surface area contributed by atoms with Crippen molar-refractivity contribution < 1.29 is 9.53 Å². The normalized spacial score (nSPS) is 32.0. The summed E-state index contributed by atoms with van der Waals surface area (Å²) in [7, 11) is 0. The number of hydrogen-bond donors (Lipinski definition) is 2. The largest absolute Gasteiger partial charge is 0.378 e. The number of amides is 1. The summed E-state index contributed by atoms with van der Waals surface area (Å²) in [5, 5.41) is 6.50. The fourth-order valence-corrected chi connectivity index (χ4v) is 3.65. The molecule has 0 aromatic rings. The lowest BCUT2D eigenvalue weighted by Crippen LogP contribution is -2.40. The van der Waals surface area contributed by atoms with Crippen molar-refractivity contribution in [3.8, 4) is 0 Å². The number of nitrogens with one attached hydrogen (secondary N) is 2. The van der Waals surface area contributed by atoms with Gasteiger partial charge in [-0.3, -0.25) is 4.79 Å². The number of piperidine rings is 1. The molecular weight excluding hydrogens is 252 g/mol. The van der Waals surface area contributed by atoms with Crippen LogP contribution in [0.3, 0.4) is 0 Å². The van der Waals surface area contributed by atoms with Crippen LogP contribution in [0.4, 0.5) is 0 Å². The van der Waals surface area contributed by atoms with E-state index in [4.69, 9.17) is 4.74 Å². The number of rotatable bonds is 5. The van der Waals surface area contributed by atoms with E-state index in [0.717, 1.165) is 50.6 Å². The van der Waals surface area contributed by atoms with Gasteiger partial charge in [-0.1, -0.05) is 13.8 Å². The topological polar surface area (TPSA) is 50.4 Å². The Morgan fingerprint density at radius 2 is 1.80 bits per heavy atom. The van der Waals surface area contributed by atoms with Crippen LogP contribution in [0, 0.1) is 11.8 Å². The van der Waals surface area contributed by atoms with E-state index >= 15 is 0 Å². The fourth-order valence-electron chi connectivity index (χ4n) is 3.65. The molecule has 0 bridgehead atoms. The van der Waals surface area contributed by atoms with Crippen molar-refractivity contribution in [2.24, 2.45) is 11.8 Å². The van der Waals surface area contributed by atoms with Gasteiger partial charge in [0.2, 0.25) is 5.91 Å². The Kier molecular flexibility index (Phi) is 6.30.